The van der Waals surface area contributed by atoms with Gasteiger partial charge in [0, 0.05) is 11.4 Å². The van der Waals surface area contributed by atoms with Crippen LogP contribution < -0.4 is 5.32 Å². The number of thioether (sulfide) groups is 2. The predicted octanol–water partition coefficient (Wildman–Crippen LogP) is 4.58. The molecule has 2 aromatic rings. The summed E-state index contributed by atoms with van der Waals surface area (Å²) in [4.78, 5) is 12.0. The maximum atomic E-state index is 12.0. The van der Waals surface area contributed by atoms with Crippen molar-refractivity contribution in [1.29, 1.82) is 0 Å². The smallest absolute Gasteiger partial charge is 0.234 e. The lowest BCUT2D eigenvalue weighted by atomic mass is 10.1. The van der Waals surface area contributed by atoms with E-state index in [0.717, 1.165) is 26.5 Å². The van der Waals surface area contributed by atoms with Gasteiger partial charge in [-0.1, -0.05) is 67.8 Å². The topological polar surface area (TPSA) is 54.9 Å². The molecule has 1 heterocycles. The summed E-state index contributed by atoms with van der Waals surface area (Å²) in [6.07, 6.45) is 0.998. The Kier molecular flexibility index (Phi) is 7.39. The highest BCUT2D eigenvalue weighted by atomic mass is 32.2. The summed E-state index contributed by atoms with van der Waals surface area (Å²) in [6, 6.07) is 7.94. The molecule has 0 aliphatic rings. The summed E-state index contributed by atoms with van der Waals surface area (Å²) in [5.41, 5.74) is 2.09. The van der Waals surface area contributed by atoms with E-state index in [9.17, 15) is 4.79 Å². The third-order valence-corrected chi connectivity index (χ3v) is 6.52. The van der Waals surface area contributed by atoms with Crippen molar-refractivity contribution >= 4 is 46.5 Å². The fourth-order valence-electron chi connectivity index (χ4n) is 1.70. The van der Waals surface area contributed by atoms with E-state index in [1.807, 2.05) is 24.3 Å². The summed E-state index contributed by atoms with van der Waals surface area (Å²) in [5.74, 6) is 1.99. The van der Waals surface area contributed by atoms with Gasteiger partial charge in [-0.2, -0.15) is 0 Å². The van der Waals surface area contributed by atoms with Gasteiger partial charge in [-0.05, 0) is 30.0 Å². The number of carbonyl (C=O) groups excluding carboxylic acids is 1. The summed E-state index contributed by atoms with van der Waals surface area (Å²) >= 11 is 4.70. The Labute approximate surface area is 149 Å². The van der Waals surface area contributed by atoms with Crippen LogP contribution in [-0.4, -0.2) is 27.6 Å². The molecule has 0 spiro atoms. The fourth-order valence-corrected chi connectivity index (χ4v) is 4.50. The molecule has 1 aromatic carbocycles. The quantitative estimate of drug-likeness (QED) is 0.692. The van der Waals surface area contributed by atoms with E-state index in [4.69, 9.17) is 0 Å². The van der Waals surface area contributed by atoms with Crippen LogP contribution in [-0.2, 0) is 11.2 Å². The van der Waals surface area contributed by atoms with Gasteiger partial charge in [-0.25, -0.2) is 0 Å². The molecule has 23 heavy (non-hydrogen) atoms. The Morgan fingerprint density at radius 1 is 1.17 bits per heavy atom. The number of aromatic nitrogens is 2. The lowest BCUT2D eigenvalue weighted by molar-refractivity contribution is -0.113. The summed E-state index contributed by atoms with van der Waals surface area (Å²) in [7, 11) is 0. The van der Waals surface area contributed by atoms with Gasteiger partial charge in [-0.3, -0.25) is 4.79 Å². The van der Waals surface area contributed by atoms with Gasteiger partial charge in [0.15, 0.2) is 8.68 Å². The average molecular weight is 368 g/mol. The monoisotopic (exact) mass is 367 g/mol. The van der Waals surface area contributed by atoms with Crippen molar-refractivity contribution in [2.45, 2.75) is 35.9 Å². The van der Waals surface area contributed by atoms with Crippen LogP contribution in [0.15, 0.2) is 32.9 Å². The fraction of sp³-hybridized carbons (Fsp3) is 0.438. The number of nitrogens with zero attached hydrogens (tertiary/aromatic N) is 2. The van der Waals surface area contributed by atoms with Crippen molar-refractivity contribution in [3.63, 3.8) is 0 Å². The highest BCUT2D eigenvalue weighted by Gasteiger charge is 2.09. The number of rotatable bonds is 8. The highest BCUT2D eigenvalue weighted by molar-refractivity contribution is 8.03. The Morgan fingerprint density at radius 3 is 2.43 bits per heavy atom. The van der Waals surface area contributed by atoms with Crippen molar-refractivity contribution in [1.82, 2.24) is 10.2 Å². The molecule has 0 atom stereocenters. The standard InChI is InChI=1S/C16H21N3OS3/c1-4-12-5-7-13(8-6-12)17-14(20)10-22-16-19-18-15(23-16)21-9-11(2)3/h5-8,11H,4,9-10H2,1-3H3,(H,17,20). The molecule has 0 saturated carbocycles. The molecule has 0 unspecified atom stereocenters. The summed E-state index contributed by atoms with van der Waals surface area (Å²) < 4.78 is 1.81. The van der Waals surface area contributed by atoms with E-state index in [0.29, 0.717) is 11.7 Å². The molecule has 7 heteroatoms. The van der Waals surface area contributed by atoms with Crippen LogP contribution in [0.2, 0.25) is 0 Å². The molecular weight excluding hydrogens is 346 g/mol. The highest BCUT2D eigenvalue weighted by Crippen LogP contribution is 2.29. The molecule has 0 aliphatic heterocycles. The molecular formula is C16H21N3OS3. The molecule has 1 aromatic heterocycles. The third kappa shape index (κ3) is 6.53. The second kappa shape index (κ2) is 9.30. The van der Waals surface area contributed by atoms with Crippen LogP contribution in [0.3, 0.4) is 0 Å². The Bertz CT molecular complexity index is 626. The number of aryl methyl sites for hydroxylation is 1. The van der Waals surface area contributed by atoms with Crippen LogP contribution in [0.4, 0.5) is 5.69 Å². The molecule has 0 aliphatic carbocycles. The van der Waals surface area contributed by atoms with Gasteiger partial charge in [-0.15, -0.1) is 10.2 Å². The normalized spacial score (nSPS) is 11.0. The molecule has 1 amide bonds. The van der Waals surface area contributed by atoms with Crippen molar-refractivity contribution in [3.05, 3.63) is 29.8 Å². The van der Waals surface area contributed by atoms with Gasteiger partial charge in [0.05, 0.1) is 5.75 Å². The van der Waals surface area contributed by atoms with Gasteiger partial charge in [0.1, 0.15) is 0 Å². The Morgan fingerprint density at radius 2 is 1.83 bits per heavy atom. The molecule has 0 radical (unpaired) electrons. The van der Waals surface area contributed by atoms with Crippen molar-refractivity contribution in [2.75, 3.05) is 16.8 Å². The SMILES string of the molecule is CCc1ccc(NC(=O)CSc2nnc(SCC(C)C)s2)cc1. The lowest BCUT2D eigenvalue weighted by Crippen LogP contribution is -2.13. The second-order valence-corrected chi connectivity index (χ2v) is 8.89. The summed E-state index contributed by atoms with van der Waals surface area (Å²) in [5, 5.41) is 11.2. The molecule has 124 valence electrons. The van der Waals surface area contributed by atoms with Gasteiger partial charge in [0.25, 0.3) is 0 Å². The first-order valence-electron chi connectivity index (χ1n) is 7.54. The largest absolute Gasteiger partial charge is 0.325 e. The zero-order valence-electron chi connectivity index (χ0n) is 13.5. The molecule has 0 fully saturated rings. The Hall–Kier alpha value is -1.05. The minimum absolute atomic E-state index is 0.0224. The number of anilines is 1. The van der Waals surface area contributed by atoms with Crippen LogP contribution in [0.25, 0.3) is 0 Å². The molecule has 1 N–H and O–H groups in total. The lowest BCUT2D eigenvalue weighted by Gasteiger charge is -2.05. The maximum Gasteiger partial charge on any atom is 0.234 e. The average Bonchev–Trinajstić information content (AvgIpc) is 3.00. The van der Waals surface area contributed by atoms with E-state index in [2.05, 4.69) is 36.3 Å². The van der Waals surface area contributed by atoms with Gasteiger partial charge < -0.3 is 5.32 Å². The first-order valence-corrected chi connectivity index (χ1v) is 10.3. The first kappa shape index (κ1) is 18.3. The van der Waals surface area contributed by atoms with E-state index >= 15 is 0 Å². The molecule has 0 bridgehead atoms. The molecule has 4 nitrogen and oxygen atoms in total. The van der Waals surface area contributed by atoms with E-state index < -0.39 is 0 Å². The number of amides is 1. The van der Waals surface area contributed by atoms with Crippen molar-refractivity contribution in [3.8, 4) is 0 Å². The van der Waals surface area contributed by atoms with E-state index in [1.165, 1.54) is 17.3 Å². The van der Waals surface area contributed by atoms with E-state index in [1.54, 1.807) is 23.1 Å². The number of hydrogen-bond acceptors (Lipinski definition) is 6. The van der Waals surface area contributed by atoms with Crippen molar-refractivity contribution < 1.29 is 4.79 Å². The van der Waals surface area contributed by atoms with Gasteiger partial charge in [0.2, 0.25) is 5.91 Å². The minimum atomic E-state index is -0.0224. The number of nitrogens with one attached hydrogen (secondary N) is 1. The molecule has 0 saturated heterocycles. The molecule has 2 rings (SSSR count). The summed E-state index contributed by atoms with van der Waals surface area (Å²) in [6.45, 7) is 6.47. The number of benzene rings is 1. The van der Waals surface area contributed by atoms with Crippen LogP contribution in [0.5, 0.6) is 0 Å². The maximum absolute atomic E-state index is 12.0. The minimum Gasteiger partial charge on any atom is -0.325 e. The number of hydrogen-bond donors (Lipinski definition) is 1. The first-order chi connectivity index (χ1) is 11.1. The van der Waals surface area contributed by atoms with Crippen LogP contribution >= 0.6 is 34.9 Å². The van der Waals surface area contributed by atoms with E-state index in [-0.39, 0.29) is 5.91 Å². The van der Waals surface area contributed by atoms with Crippen molar-refractivity contribution in [2.24, 2.45) is 5.92 Å². The zero-order chi connectivity index (χ0) is 16.7. The number of carbonyl (C=O) groups is 1. The second-order valence-electron chi connectivity index (χ2n) is 5.43. The Balaban J connectivity index is 1.77. The predicted molar refractivity (Wildman–Crippen MR) is 101 cm³/mol. The van der Waals surface area contributed by atoms with Gasteiger partial charge >= 0.3 is 0 Å². The third-order valence-electron chi connectivity index (χ3n) is 2.90. The van der Waals surface area contributed by atoms with Crippen LogP contribution in [0.1, 0.15) is 26.3 Å². The van der Waals surface area contributed by atoms with Crippen LogP contribution in [0, 0.1) is 5.92 Å². The zero-order valence-corrected chi connectivity index (χ0v) is 16.0.